The summed E-state index contributed by atoms with van der Waals surface area (Å²) in [6.07, 6.45) is -1.27. The SMILES string of the molecule is Cc1nn(C)c(CC(O)c2ccc(F)c(F)c2F)c1Br. The third kappa shape index (κ3) is 2.60. The van der Waals surface area contributed by atoms with E-state index in [4.69, 9.17) is 0 Å². The Balaban J connectivity index is 2.33. The first kappa shape index (κ1) is 15.1. The van der Waals surface area contributed by atoms with Crippen molar-refractivity contribution in [1.82, 2.24) is 9.78 Å². The summed E-state index contributed by atoms with van der Waals surface area (Å²) in [5.41, 5.74) is 1.08. The van der Waals surface area contributed by atoms with Gasteiger partial charge in [-0.3, -0.25) is 4.68 Å². The highest BCUT2D eigenvalue weighted by atomic mass is 79.9. The fourth-order valence-corrected chi connectivity index (χ4v) is 2.49. The Morgan fingerprint density at radius 1 is 1.30 bits per heavy atom. The Bertz CT molecular complexity index is 658. The first-order valence-electron chi connectivity index (χ1n) is 5.82. The maximum atomic E-state index is 13.6. The van der Waals surface area contributed by atoms with Crippen molar-refractivity contribution in [3.8, 4) is 0 Å². The van der Waals surface area contributed by atoms with E-state index in [1.807, 2.05) is 0 Å². The minimum atomic E-state index is -1.58. The summed E-state index contributed by atoms with van der Waals surface area (Å²) in [6, 6.07) is 1.83. The first-order chi connectivity index (χ1) is 9.32. The van der Waals surface area contributed by atoms with Crippen molar-refractivity contribution in [2.75, 3.05) is 0 Å². The molecule has 0 aliphatic heterocycles. The molecule has 3 nitrogen and oxygen atoms in total. The molecule has 0 bridgehead atoms. The van der Waals surface area contributed by atoms with Gasteiger partial charge in [0, 0.05) is 19.0 Å². The standard InChI is InChI=1S/C13H12BrF3N2O/c1-6-11(14)9(19(2)18-6)5-10(20)7-3-4-8(15)13(17)12(7)16/h3-4,10,20H,5H2,1-2H3. The van der Waals surface area contributed by atoms with Gasteiger partial charge >= 0.3 is 0 Å². The van der Waals surface area contributed by atoms with Crippen molar-refractivity contribution in [2.45, 2.75) is 19.4 Å². The highest BCUT2D eigenvalue weighted by Crippen LogP contribution is 2.28. The highest BCUT2D eigenvalue weighted by Gasteiger charge is 2.22. The van der Waals surface area contributed by atoms with Crippen LogP contribution in [0.1, 0.15) is 23.1 Å². The van der Waals surface area contributed by atoms with Gasteiger partial charge in [-0.05, 0) is 28.9 Å². The van der Waals surface area contributed by atoms with Crippen LogP contribution < -0.4 is 0 Å². The normalized spacial score (nSPS) is 12.8. The topological polar surface area (TPSA) is 38.0 Å². The van der Waals surface area contributed by atoms with Gasteiger partial charge < -0.3 is 5.11 Å². The summed E-state index contributed by atoms with van der Waals surface area (Å²) in [5, 5.41) is 14.2. The predicted octanol–water partition coefficient (Wildman–Crippen LogP) is 3.18. The molecule has 1 aromatic heterocycles. The van der Waals surface area contributed by atoms with E-state index in [1.165, 1.54) is 0 Å². The molecule has 0 aliphatic rings. The molecule has 0 spiro atoms. The molecule has 0 aliphatic carbocycles. The molecule has 7 heteroatoms. The zero-order valence-corrected chi connectivity index (χ0v) is 12.4. The van der Waals surface area contributed by atoms with Crippen LogP contribution >= 0.6 is 15.9 Å². The van der Waals surface area contributed by atoms with E-state index in [9.17, 15) is 18.3 Å². The summed E-state index contributed by atoms with van der Waals surface area (Å²) >= 11 is 3.32. The van der Waals surface area contributed by atoms with Crippen molar-refractivity contribution >= 4 is 15.9 Å². The van der Waals surface area contributed by atoms with Crippen molar-refractivity contribution in [1.29, 1.82) is 0 Å². The van der Waals surface area contributed by atoms with Gasteiger partial charge in [0.05, 0.1) is 22.0 Å². The third-order valence-corrected chi connectivity index (χ3v) is 4.10. The largest absolute Gasteiger partial charge is 0.388 e. The Kier molecular flexibility index (Phi) is 4.19. The lowest BCUT2D eigenvalue weighted by molar-refractivity contribution is 0.169. The Hall–Kier alpha value is -1.34. The van der Waals surface area contributed by atoms with Crippen molar-refractivity contribution in [2.24, 2.45) is 7.05 Å². The van der Waals surface area contributed by atoms with Gasteiger partial charge in [0.2, 0.25) is 0 Å². The van der Waals surface area contributed by atoms with Crippen LogP contribution in [0.25, 0.3) is 0 Å². The molecule has 20 heavy (non-hydrogen) atoms. The predicted molar refractivity (Wildman–Crippen MR) is 70.6 cm³/mol. The van der Waals surface area contributed by atoms with Crippen LogP contribution in [0, 0.1) is 24.4 Å². The number of halogens is 4. The van der Waals surface area contributed by atoms with Gasteiger partial charge in [-0.1, -0.05) is 6.07 Å². The molecule has 2 aromatic rings. The number of hydrogen-bond donors (Lipinski definition) is 1. The zero-order chi connectivity index (χ0) is 15.0. The van der Waals surface area contributed by atoms with E-state index in [0.717, 1.165) is 17.8 Å². The number of aryl methyl sites for hydroxylation is 2. The summed E-state index contributed by atoms with van der Waals surface area (Å²) in [7, 11) is 1.68. The summed E-state index contributed by atoms with van der Waals surface area (Å²) < 4.78 is 41.9. The van der Waals surface area contributed by atoms with E-state index < -0.39 is 23.6 Å². The van der Waals surface area contributed by atoms with Crippen LogP contribution in [-0.4, -0.2) is 14.9 Å². The van der Waals surface area contributed by atoms with E-state index in [0.29, 0.717) is 10.2 Å². The van der Waals surface area contributed by atoms with Gasteiger partial charge in [-0.15, -0.1) is 0 Å². The quantitative estimate of drug-likeness (QED) is 0.865. The molecule has 0 saturated carbocycles. The van der Waals surface area contributed by atoms with Gasteiger partial charge in [-0.2, -0.15) is 5.10 Å². The smallest absolute Gasteiger partial charge is 0.194 e. The van der Waals surface area contributed by atoms with Gasteiger partial charge in [-0.25, -0.2) is 13.2 Å². The lowest BCUT2D eigenvalue weighted by Crippen LogP contribution is -2.10. The van der Waals surface area contributed by atoms with Gasteiger partial charge in [0.15, 0.2) is 17.5 Å². The molecule has 0 radical (unpaired) electrons. The average Bonchev–Trinajstić information content (AvgIpc) is 2.62. The van der Waals surface area contributed by atoms with Crippen LogP contribution in [0.5, 0.6) is 0 Å². The molecule has 0 saturated heterocycles. The van der Waals surface area contributed by atoms with Gasteiger partial charge in [0.1, 0.15) is 0 Å². The fourth-order valence-electron chi connectivity index (χ4n) is 1.99. The number of aromatic nitrogens is 2. The van der Waals surface area contributed by atoms with E-state index in [2.05, 4.69) is 21.0 Å². The lowest BCUT2D eigenvalue weighted by atomic mass is 10.0. The van der Waals surface area contributed by atoms with E-state index >= 15 is 0 Å². The number of aliphatic hydroxyl groups excluding tert-OH is 1. The maximum Gasteiger partial charge on any atom is 0.194 e. The second kappa shape index (κ2) is 5.57. The third-order valence-electron chi connectivity index (χ3n) is 3.07. The molecule has 1 heterocycles. The Labute approximate surface area is 122 Å². The monoisotopic (exact) mass is 348 g/mol. The average molecular weight is 349 g/mol. The molecule has 108 valence electrons. The zero-order valence-electron chi connectivity index (χ0n) is 10.8. The Morgan fingerprint density at radius 3 is 2.50 bits per heavy atom. The van der Waals surface area contributed by atoms with Crippen LogP contribution in [0.4, 0.5) is 13.2 Å². The van der Waals surface area contributed by atoms with Crippen LogP contribution in [-0.2, 0) is 13.5 Å². The van der Waals surface area contributed by atoms with Crippen LogP contribution in [0.2, 0.25) is 0 Å². The minimum Gasteiger partial charge on any atom is -0.388 e. The van der Waals surface area contributed by atoms with E-state index in [1.54, 1.807) is 18.7 Å². The van der Waals surface area contributed by atoms with Crippen molar-refractivity contribution < 1.29 is 18.3 Å². The van der Waals surface area contributed by atoms with E-state index in [-0.39, 0.29) is 12.0 Å². The van der Waals surface area contributed by atoms with Gasteiger partial charge in [0.25, 0.3) is 0 Å². The summed E-state index contributed by atoms with van der Waals surface area (Å²) in [5.74, 6) is -4.23. The number of nitrogens with zero attached hydrogens (tertiary/aromatic N) is 2. The molecular weight excluding hydrogens is 337 g/mol. The van der Waals surface area contributed by atoms with Crippen LogP contribution in [0.3, 0.4) is 0 Å². The summed E-state index contributed by atoms with van der Waals surface area (Å²) in [6.45, 7) is 1.78. The number of hydrogen-bond acceptors (Lipinski definition) is 2. The number of rotatable bonds is 3. The molecule has 0 fully saturated rings. The molecule has 1 N–H and O–H groups in total. The molecular formula is C13H12BrF3N2O. The Morgan fingerprint density at radius 2 is 1.95 bits per heavy atom. The minimum absolute atomic E-state index is 0.0277. The van der Waals surface area contributed by atoms with Crippen LogP contribution in [0.15, 0.2) is 16.6 Å². The first-order valence-corrected chi connectivity index (χ1v) is 6.61. The maximum absolute atomic E-state index is 13.6. The fraction of sp³-hybridized carbons (Fsp3) is 0.308. The highest BCUT2D eigenvalue weighted by molar-refractivity contribution is 9.10. The molecule has 1 unspecified atom stereocenters. The second-order valence-electron chi connectivity index (χ2n) is 4.45. The molecule has 2 rings (SSSR count). The lowest BCUT2D eigenvalue weighted by Gasteiger charge is -2.13. The molecule has 0 amide bonds. The number of benzene rings is 1. The second-order valence-corrected chi connectivity index (χ2v) is 5.25. The summed E-state index contributed by atoms with van der Waals surface area (Å²) in [4.78, 5) is 0. The van der Waals surface area contributed by atoms with Crippen molar-refractivity contribution in [3.63, 3.8) is 0 Å². The molecule has 1 atom stereocenters. The molecule has 1 aromatic carbocycles. The number of aliphatic hydroxyl groups is 1. The van der Waals surface area contributed by atoms with Crippen molar-refractivity contribution in [3.05, 3.63) is 51.0 Å².